The number of aryl methyl sites for hydroxylation is 1. The van der Waals surface area contributed by atoms with E-state index in [0.29, 0.717) is 13.0 Å². The first-order valence-electron chi connectivity index (χ1n) is 6.56. The van der Waals surface area contributed by atoms with Crippen LogP contribution in [-0.2, 0) is 11.3 Å². The molecule has 1 unspecified atom stereocenters. The Morgan fingerprint density at radius 3 is 2.65 bits per heavy atom. The lowest BCUT2D eigenvalue weighted by Crippen LogP contribution is -2.46. The fraction of sp³-hybridized carbons (Fsp3) is 0.500. The van der Waals surface area contributed by atoms with Crippen LogP contribution in [0.15, 0.2) is 18.5 Å². The van der Waals surface area contributed by atoms with Gasteiger partial charge in [-0.15, -0.1) is 0 Å². The van der Waals surface area contributed by atoms with E-state index in [9.17, 15) is 9.59 Å². The Morgan fingerprint density at radius 1 is 1.40 bits per heavy atom. The SMILES string of the molecule is Cc1cnccc1CNC(=O)NC(CC(C)C)C(=O)O. The predicted molar refractivity (Wildman–Crippen MR) is 75.2 cm³/mol. The topological polar surface area (TPSA) is 91.3 Å². The number of amides is 2. The Hall–Kier alpha value is -2.11. The summed E-state index contributed by atoms with van der Waals surface area (Å²) in [5, 5.41) is 14.2. The van der Waals surface area contributed by atoms with E-state index in [1.54, 1.807) is 12.4 Å². The van der Waals surface area contributed by atoms with Crippen LogP contribution in [0.2, 0.25) is 0 Å². The summed E-state index contributed by atoms with van der Waals surface area (Å²) in [6.07, 6.45) is 3.77. The van der Waals surface area contributed by atoms with E-state index in [2.05, 4.69) is 15.6 Å². The van der Waals surface area contributed by atoms with Crippen LogP contribution in [0, 0.1) is 12.8 Å². The molecule has 0 aliphatic heterocycles. The zero-order chi connectivity index (χ0) is 15.1. The molecule has 1 aromatic heterocycles. The molecule has 2 amide bonds. The summed E-state index contributed by atoms with van der Waals surface area (Å²) in [5.74, 6) is -0.826. The van der Waals surface area contributed by atoms with Crippen molar-refractivity contribution in [2.75, 3.05) is 0 Å². The Balaban J connectivity index is 2.50. The van der Waals surface area contributed by atoms with Gasteiger partial charge in [0.15, 0.2) is 0 Å². The van der Waals surface area contributed by atoms with Gasteiger partial charge in [-0.2, -0.15) is 0 Å². The van der Waals surface area contributed by atoms with Gasteiger partial charge in [0.05, 0.1) is 0 Å². The number of hydrogen-bond acceptors (Lipinski definition) is 3. The van der Waals surface area contributed by atoms with E-state index in [0.717, 1.165) is 11.1 Å². The van der Waals surface area contributed by atoms with E-state index < -0.39 is 18.0 Å². The average Bonchev–Trinajstić information content (AvgIpc) is 2.36. The van der Waals surface area contributed by atoms with Crippen LogP contribution >= 0.6 is 0 Å². The molecule has 0 fully saturated rings. The second kappa shape index (κ2) is 7.47. The predicted octanol–water partition coefficient (Wildman–Crippen LogP) is 1.69. The summed E-state index contributed by atoms with van der Waals surface area (Å²) in [6, 6.07) is 0.473. The number of carboxylic acid groups (broad SMARTS) is 1. The maximum atomic E-state index is 11.7. The second-order valence-electron chi connectivity index (χ2n) is 5.15. The number of urea groups is 1. The number of nitrogens with one attached hydrogen (secondary N) is 2. The lowest BCUT2D eigenvalue weighted by Gasteiger charge is -2.17. The van der Waals surface area contributed by atoms with Crippen molar-refractivity contribution in [1.82, 2.24) is 15.6 Å². The summed E-state index contributed by atoms with van der Waals surface area (Å²) in [5.41, 5.74) is 1.93. The minimum atomic E-state index is -1.02. The highest BCUT2D eigenvalue weighted by Gasteiger charge is 2.20. The number of carboxylic acids is 1. The van der Waals surface area contributed by atoms with Crippen molar-refractivity contribution in [1.29, 1.82) is 0 Å². The number of carbonyl (C=O) groups excluding carboxylic acids is 1. The van der Waals surface area contributed by atoms with Crippen molar-refractivity contribution in [3.05, 3.63) is 29.6 Å². The van der Waals surface area contributed by atoms with Gasteiger partial charge < -0.3 is 15.7 Å². The number of aromatic nitrogens is 1. The molecule has 3 N–H and O–H groups in total. The van der Waals surface area contributed by atoms with Gasteiger partial charge >= 0.3 is 12.0 Å². The van der Waals surface area contributed by atoms with E-state index in [1.165, 1.54) is 0 Å². The molecule has 1 heterocycles. The van der Waals surface area contributed by atoms with Crippen LogP contribution in [0.25, 0.3) is 0 Å². The van der Waals surface area contributed by atoms with Gasteiger partial charge in [0.2, 0.25) is 0 Å². The molecule has 110 valence electrons. The van der Waals surface area contributed by atoms with Gasteiger partial charge in [-0.3, -0.25) is 4.98 Å². The molecular weight excluding hydrogens is 258 g/mol. The highest BCUT2D eigenvalue weighted by molar-refractivity contribution is 5.82. The smallest absolute Gasteiger partial charge is 0.326 e. The van der Waals surface area contributed by atoms with Gasteiger partial charge in [0.1, 0.15) is 6.04 Å². The fourth-order valence-electron chi connectivity index (χ4n) is 1.78. The Kier molecular flexibility index (Phi) is 5.96. The quantitative estimate of drug-likeness (QED) is 0.739. The maximum Gasteiger partial charge on any atom is 0.326 e. The fourth-order valence-corrected chi connectivity index (χ4v) is 1.78. The van der Waals surface area contributed by atoms with Crippen molar-refractivity contribution < 1.29 is 14.7 Å². The summed E-state index contributed by atoms with van der Waals surface area (Å²) in [4.78, 5) is 26.7. The Morgan fingerprint density at radius 2 is 2.10 bits per heavy atom. The van der Waals surface area contributed by atoms with Crippen molar-refractivity contribution in [3.63, 3.8) is 0 Å². The maximum absolute atomic E-state index is 11.7. The molecule has 0 bridgehead atoms. The van der Waals surface area contributed by atoms with Crippen LogP contribution in [0.1, 0.15) is 31.4 Å². The first-order valence-corrected chi connectivity index (χ1v) is 6.56. The van der Waals surface area contributed by atoms with E-state index in [-0.39, 0.29) is 5.92 Å². The molecule has 0 radical (unpaired) electrons. The number of pyridine rings is 1. The largest absolute Gasteiger partial charge is 0.480 e. The van der Waals surface area contributed by atoms with E-state index in [4.69, 9.17) is 5.11 Å². The molecule has 20 heavy (non-hydrogen) atoms. The molecule has 0 aliphatic rings. The minimum absolute atomic E-state index is 0.193. The monoisotopic (exact) mass is 279 g/mol. The minimum Gasteiger partial charge on any atom is -0.480 e. The highest BCUT2D eigenvalue weighted by Crippen LogP contribution is 2.06. The van der Waals surface area contributed by atoms with Crippen LogP contribution in [0.5, 0.6) is 0 Å². The van der Waals surface area contributed by atoms with Crippen LogP contribution in [0.3, 0.4) is 0 Å². The van der Waals surface area contributed by atoms with E-state index >= 15 is 0 Å². The van der Waals surface area contributed by atoms with Crippen LogP contribution < -0.4 is 10.6 Å². The molecule has 0 aliphatic carbocycles. The van der Waals surface area contributed by atoms with Crippen molar-refractivity contribution in [2.24, 2.45) is 5.92 Å². The number of carbonyl (C=O) groups is 2. The molecule has 0 saturated heterocycles. The summed E-state index contributed by atoms with van der Waals surface area (Å²) in [7, 11) is 0. The highest BCUT2D eigenvalue weighted by atomic mass is 16.4. The molecule has 6 heteroatoms. The van der Waals surface area contributed by atoms with E-state index in [1.807, 2.05) is 26.8 Å². The molecule has 1 atom stereocenters. The van der Waals surface area contributed by atoms with Gasteiger partial charge in [-0.25, -0.2) is 9.59 Å². The molecule has 1 rings (SSSR count). The van der Waals surface area contributed by atoms with Crippen molar-refractivity contribution in [3.8, 4) is 0 Å². The standard InChI is InChI=1S/C14H21N3O3/c1-9(2)6-12(13(18)19)17-14(20)16-8-11-4-5-15-7-10(11)3/h4-5,7,9,12H,6,8H2,1-3H3,(H,18,19)(H2,16,17,20). The molecular formula is C14H21N3O3. The first kappa shape index (κ1) is 15.9. The first-order chi connectivity index (χ1) is 9.40. The van der Waals surface area contributed by atoms with Crippen LogP contribution in [0.4, 0.5) is 4.79 Å². The van der Waals surface area contributed by atoms with Gasteiger partial charge in [0, 0.05) is 18.9 Å². The molecule has 0 aromatic carbocycles. The Bertz CT molecular complexity index is 474. The second-order valence-corrected chi connectivity index (χ2v) is 5.15. The summed E-state index contributed by atoms with van der Waals surface area (Å²) in [6.45, 7) is 6.07. The van der Waals surface area contributed by atoms with Gasteiger partial charge in [0.25, 0.3) is 0 Å². The normalized spacial score (nSPS) is 12.0. The zero-order valence-corrected chi connectivity index (χ0v) is 12.0. The third kappa shape index (κ3) is 5.26. The number of rotatable bonds is 6. The zero-order valence-electron chi connectivity index (χ0n) is 12.0. The average molecular weight is 279 g/mol. The van der Waals surface area contributed by atoms with Gasteiger partial charge in [-0.05, 0) is 36.5 Å². The number of aliphatic carboxylic acids is 1. The lowest BCUT2D eigenvalue weighted by atomic mass is 10.0. The van der Waals surface area contributed by atoms with Crippen molar-refractivity contribution >= 4 is 12.0 Å². The lowest BCUT2D eigenvalue weighted by molar-refractivity contribution is -0.139. The third-order valence-electron chi connectivity index (χ3n) is 2.89. The molecule has 6 nitrogen and oxygen atoms in total. The summed E-state index contributed by atoms with van der Waals surface area (Å²) >= 11 is 0. The number of nitrogens with zero attached hydrogens (tertiary/aromatic N) is 1. The summed E-state index contributed by atoms with van der Waals surface area (Å²) < 4.78 is 0. The molecule has 0 saturated carbocycles. The van der Waals surface area contributed by atoms with Crippen LogP contribution in [-0.4, -0.2) is 28.1 Å². The number of hydrogen-bond donors (Lipinski definition) is 3. The third-order valence-corrected chi connectivity index (χ3v) is 2.89. The van der Waals surface area contributed by atoms with Crippen molar-refractivity contribution in [2.45, 2.75) is 39.8 Å². The molecule has 0 spiro atoms. The van der Waals surface area contributed by atoms with Gasteiger partial charge in [-0.1, -0.05) is 13.8 Å². The molecule has 1 aromatic rings. The Labute approximate surface area is 118 Å².